The zero-order valence-electron chi connectivity index (χ0n) is 15.9. The predicted molar refractivity (Wildman–Crippen MR) is 113 cm³/mol. The lowest BCUT2D eigenvalue weighted by atomic mass is 10.1. The van der Waals surface area contributed by atoms with E-state index in [9.17, 15) is 0 Å². The van der Waals surface area contributed by atoms with Gasteiger partial charge in [0.25, 0.3) is 0 Å². The van der Waals surface area contributed by atoms with Crippen LogP contribution in [0, 0.1) is 34.6 Å². The summed E-state index contributed by atoms with van der Waals surface area (Å²) >= 11 is 0. The van der Waals surface area contributed by atoms with Crippen molar-refractivity contribution in [3.63, 3.8) is 0 Å². The highest BCUT2D eigenvalue weighted by molar-refractivity contribution is 7.72. The van der Waals surface area contributed by atoms with E-state index in [-0.39, 0.29) is 0 Å². The lowest BCUT2D eigenvalue weighted by Crippen LogP contribution is -2.19. The van der Waals surface area contributed by atoms with E-state index in [0.717, 1.165) is 6.16 Å². The van der Waals surface area contributed by atoms with Gasteiger partial charge < -0.3 is 0 Å². The summed E-state index contributed by atoms with van der Waals surface area (Å²) < 4.78 is 0. The molecule has 1 heteroatoms. The molecule has 0 radical (unpaired) electrons. The van der Waals surface area contributed by atoms with Crippen LogP contribution in [-0.4, -0.2) is 0 Å². The molecule has 128 valence electrons. The fourth-order valence-electron chi connectivity index (χ4n) is 3.33. The Hall–Kier alpha value is -1.91. The van der Waals surface area contributed by atoms with E-state index in [4.69, 9.17) is 0 Å². The normalized spacial score (nSPS) is 12.2. The molecule has 0 saturated carbocycles. The van der Waals surface area contributed by atoms with Gasteiger partial charge in [-0.2, -0.15) is 0 Å². The van der Waals surface area contributed by atoms with Crippen molar-refractivity contribution in [1.29, 1.82) is 0 Å². The molecule has 3 rings (SSSR count). The molecular weight excluding hydrogens is 319 g/mol. The van der Waals surface area contributed by atoms with Gasteiger partial charge in [0.1, 0.15) is 0 Å². The summed E-state index contributed by atoms with van der Waals surface area (Å²) in [5.41, 5.74) is 8.54. The van der Waals surface area contributed by atoms with Crippen molar-refractivity contribution in [3.05, 3.63) is 94.0 Å². The third kappa shape index (κ3) is 3.70. The topological polar surface area (TPSA) is 0 Å². The highest BCUT2D eigenvalue weighted by atomic mass is 31.1. The van der Waals surface area contributed by atoms with Crippen LogP contribution in [-0.2, 0) is 6.16 Å². The second-order valence-electron chi connectivity index (χ2n) is 6.94. The minimum Gasteiger partial charge on any atom is -0.0622 e. The van der Waals surface area contributed by atoms with Crippen LogP contribution in [0.4, 0.5) is 0 Å². The third-order valence-electron chi connectivity index (χ3n) is 5.37. The second-order valence-corrected chi connectivity index (χ2v) is 9.08. The van der Waals surface area contributed by atoms with Crippen molar-refractivity contribution in [2.75, 3.05) is 0 Å². The maximum Gasteiger partial charge on any atom is 0.000763 e. The van der Waals surface area contributed by atoms with Crippen LogP contribution >= 0.6 is 7.92 Å². The molecule has 0 N–H and O–H groups in total. The average molecular weight is 346 g/mol. The van der Waals surface area contributed by atoms with E-state index in [1.165, 1.54) is 44.0 Å². The van der Waals surface area contributed by atoms with Crippen LogP contribution in [0.5, 0.6) is 0 Å². The van der Waals surface area contributed by atoms with Gasteiger partial charge in [0.2, 0.25) is 0 Å². The Morgan fingerprint density at radius 3 is 1.92 bits per heavy atom. The quantitative estimate of drug-likeness (QED) is 0.519. The first-order chi connectivity index (χ1) is 12.0. The number of hydrogen-bond donors (Lipinski definition) is 0. The van der Waals surface area contributed by atoms with Gasteiger partial charge in [-0.25, -0.2) is 0 Å². The molecule has 1 unspecified atom stereocenters. The fourth-order valence-corrected chi connectivity index (χ4v) is 6.18. The highest BCUT2D eigenvalue weighted by Crippen LogP contribution is 2.41. The van der Waals surface area contributed by atoms with Crippen molar-refractivity contribution >= 4 is 18.5 Å². The number of aryl methyl sites for hydroxylation is 2. The Labute approximate surface area is 153 Å². The van der Waals surface area contributed by atoms with E-state index in [1.54, 1.807) is 0 Å². The van der Waals surface area contributed by atoms with Gasteiger partial charge in [-0.15, -0.1) is 0 Å². The Balaban J connectivity index is 2.16. The summed E-state index contributed by atoms with van der Waals surface area (Å²) in [5, 5.41) is 3.04. The highest BCUT2D eigenvalue weighted by Gasteiger charge is 2.20. The molecule has 0 spiro atoms. The standard InChI is InChI=1S/C24H27P/c1-17-10-9-13-23(20(17)4)25(16-22-11-7-6-8-12-22)24-15-14-18(2)19(3)21(24)5/h6-15H,16H2,1-5H3. The molecular formula is C24H27P. The van der Waals surface area contributed by atoms with E-state index in [2.05, 4.69) is 95.3 Å². The first kappa shape index (κ1) is 17.9. The van der Waals surface area contributed by atoms with Gasteiger partial charge in [-0.1, -0.05) is 60.7 Å². The van der Waals surface area contributed by atoms with Gasteiger partial charge in [0, 0.05) is 6.16 Å². The van der Waals surface area contributed by atoms with Gasteiger partial charge in [0.05, 0.1) is 0 Å². The molecule has 0 aliphatic rings. The minimum atomic E-state index is -0.414. The first-order valence-electron chi connectivity index (χ1n) is 8.93. The van der Waals surface area contributed by atoms with E-state index in [0.29, 0.717) is 0 Å². The van der Waals surface area contributed by atoms with Crippen LogP contribution in [0.2, 0.25) is 0 Å². The zero-order chi connectivity index (χ0) is 18.0. The maximum absolute atomic E-state index is 2.37. The van der Waals surface area contributed by atoms with Crippen molar-refractivity contribution in [1.82, 2.24) is 0 Å². The lowest BCUT2D eigenvalue weighted by Gasteiger charge is -2.25. The van der Waals surface area contributed by atoms with E-state index >= 15 is 0 Å². The SMILES string of the molecule is Cc1cccc(P(Cc2ccccc2)c2ccc(C)c(C)c2C)c1C. The third-order valence-corrected chi connectivity index (χ3v) is 8.18. The smallest absolute Gasteiger partial charge is 0.000763 e. The molecule has 3 aromatic carbocycles. The Kier molecular flexibility index (Phi) is 5.40. The van der Waals surface area contributed by atoms with Crippen LogP contribution in [0.3, 0.4) is 0 Å². The molecule has 0 nitrogen and oxygen atoms in total. The monoisotopic (exact) mass is 346 g/mol. The van der Waals surface area contributed by atoms with Crippen molar-refractivity contribution < 1.29 is 0 Å². The summed E-state index contributed by atoms with van der Waals surface area (Å²) in [5.74, 6) is 0. The lowest BCUT2D eigenvalue weighted by molar-refractivity contribution is 1.28. The minimum absolute atomic E-state index is 0.414. The Morgan fingerprint density at radius 2 is 1.20 bits per heavy atom. The van der Waals surface area contributed by atoms with Gasteiger partial charge in [0.15, 0.2) is 0 Å². The van der Waals surface area contributed by atoms with Crippen molar-refractivity contribution in [2.45, 2.75) is 40.8 Å². The molecule has 0 fully saturated rings. The van der Waals surface area contributed by atoms with Gasteiger partial charge in [-0.05, 0) is 86.5 Å². The van der Waals surface area contributed by atoms with Crippen LogP contribution in [0.25, 0.3) is 0 Å². The molecule has 1 atom stereocenters. The second kappa shape index (κ2) is 7.54. The maximum atomic E-state index is 2.37. The molecule has 0 aliphatic heterocycles. The molecule has 0 saturated heterocycles. The number of hydrogen-bond acceptors (Lipinski definition) is 0. The summed E-state index contributed by atoms with van der Waals surface area (Å²) in [7, 11) is -0.414. The summed E-state index contributed by atoms with van der Waals surface area (Å²) in [6.45, 7) is 11.3. The van der Waals surface area contributed by atoms with Crippen molar-refractivity contribution in [2.24, 2.45) is 0 Å². The molecule has 0 amide bonds. The van der Waals surface area contributed by atoms with Gasteiger partial charge in [-0.3, -0.25) is 0 Å². The summed E-state index contributed by atoms with van der Waals surface area (Å²) in [6, 6.07) is 22.4. The molecule has 25 heavy (non-hydrogen) atoms. The fraction of sp³-hybridized carbons (Fsp3) is 0.250. The molecule has 0 aliphatic carbocycles. The predicted octanol–water partition coefficient (Wildman–Crippen LogP) is 5.86. The van der Waals surface area contributed by atoms with Crippen molar-refractivity contribution in [3.8, 4) is 0 Å². The van der Waals surface area contributed by atoms with E-state index in [1.807, 2.05) is 0 Å². The Morgan fingerprint density at radius 1 is 0.560 bits per heavy atom. The van der Waals surface area contributed by atoms with Crippen LogP contribution in [0.15, 0.2) is 60.7 Å². The molecule has 3 aromatic rings. The first-order valence-corrected chi connectivity index (χ1v) is 10.5. The summed E-state index contributed by atoms with van der Waals surface area (Å²) in [6.07, 6.45) is 1.10. The average Bonchev–Trinajstić information content (AvgIpc) is 2.62. The van der Waals surface area contributed by atoms with Gasteiger partial charge >= 0.3 is 0 Å². The van der Waals surface area contributed by atoms with Crippen LogP contribution < -0.4 is 10.6 Å². The molecule has 0 heterocycles. The summed E-state index contributed by atoms with van der Waals surface area (Å²) in [4.78, 5) is 0. The largest absolute Gasteiger partial charge is 0.0622 e. The molecule has 0 aromatic heterocycles. The van der Waals surface area contributed by atoms with E-state index < -0.39 is 7.92 Å². The van der Waals surface area contributed by atoms with Crippen LogP contribution in [0.1, 0.15) is 33.4 Å². The number of benzene rings is 3. The number of rotatable bonds is 4. The zero-order valence-corrected chi connectivity index (χ0v) is 16.8. The Bertz CT molecular complexity index is 878. The molecule has 0 bridgehead atoms.